The Labute approximate surface area is 223 Å². The Morgan fingerprint density at radius 1 is 0.872 bits per heavy atom. The fraction of sp³-hybridized carbons (Fsp3) is 0.536. The number of benzene rings is 2. The molecule has 1 saturated heterocycles. The predicted octanol–water partition coefficient (Wildman–Crippen LogP) is 6.24. The molecule has 1 unspecified atom stereocenters. The van der Waals surface area contributed by atoms with E-state index in [-0.39, 0.29) is 36.8 Å². The number of rotatable bonds is 8. The van der Waals surface area contributed by atoms with Crippen LogP contribution in [-0.4, -0.2) is 59.7 Å². The molecule has 1 N–H and O–H groups in total. The van der Waals surface area contributed by atoms with Crippen molar-refractivity contribution in [2.75, 3.05) is 32.8 Å². The first-order valence-electron chi connectivity index (χ1n) is 13.0. The van der Waals surface area contributed by atoms with Gasteiger partial charge in [-0.25, -0.2) is 0 Å². The molecule has 2 fully saturated rings. The van der Waals surface area contributed by atoms with Crippen molar-refractivity contribution in [3.8, 4) is 0 Å². The normalized spacial score (nSPS) is 22.5. The molecule has 1 aliphatic heterocycles. The first-order valence-corrected chi connectivity index (χ1v) is 13.0. The molecular formula is C28H32F6N2O3. The van der Waals surface area contributed by atoms with Crippen LogP contribution in [0.25, 0.3) is 0 Å². The molecule has 2 aromatic rings. The zero-order chi connectivity index (χ0) is 28.2. The van der Waals surface area contributed by atoms with Gasteiger partial charge in [0.05, 0.1) is 36.3 Å². The van der Waals surface area contributed by atoms with Crippen LogP contribution in [0.15, 0.2) is 48.5 Å². The largest absolute Gasteiger partial charge is 0.481 e. The van der Waals surface area contributed by atoms with Crippen LogP contribution >= 0.6 is 0 Å². The molecule has 2 aromatic carbocycles. The predicted molar refractivity (Wildman–Crippen MR) is 132 cm³/mol. The molecule has 0 bridgehead atoms. The van der Waals surface area contributed by atoms with Crippen molar-refractivity contribution in [3.63, 3.8) is 0 Å². The van der Waals surface area contributed by atoms with E-state index in [4.69, 9.17) is 4.74 Å². The van der Waals surface area contributed by atoms with Crippen LogP contribution in [0.5, 0.6) is 0 Å². The maximum atomic E-state index is 13.2. The number of nitrogens with zero attached hydrogens (tertiary/aromatic N) is 2. The van der Waals surface area contributed by atoms with E-state index in [1.165, 1.54) is 0 Å². The standard InChI is InChI=1S/C28H32F6N2O3/c29-27(30,31)22-14-19(15-23(16-22)28(32,33)34)17-39-18-25(20-4-2-1-3-5-20)36-12-10-35(11-13-36)24-8-6-21(7-9-24)26(37)38/h1-5,14-16,21,24-25H,6-13,17-18H2,(H,37,38). The van der Waals surface area contributed by atoms with Gasteiger partial charge in [-0.1, -0.05) is 30.3 Å². The Morgan fingerprint density at radius 3 is 1.95 bits per heavy atom. The molecule has 4 rings (SSSR count). The first-order chi connectivity index (χ1) is 18.4. The van der Waals surface area contributed by atoms with Gasteiger partial charge in [-0.3, -0.25) is 14.6 Å². The number of ether oxygens (including phenoxy) is 1. The summed E-state index contributed by atoms with van der Waals surface area (Å²) in [5, 5.41) is 9.25. The SMILES string of the molecule is O=C(O)C1CCC(N2CCN(C(COCc3cc(C(F)(F)F)cc(C(F)(F)F)c3)c3ccccc3)CC2)CC1. The number of carbonyl (C=O) groups is 1. The minimum atomic E-state index is -4.91. The highest BCUT2D eigenvalue weighted by Crippen LogP contribution is 2.37. The summed E-state index contributed by atoms with van der Waals surface area (Å²) >= 11 is 0. The van der Waals surface area contributed by atoms with Crippen molar-refractivity contribution in [3.05, 3.63) is 70.8 Å². The van der Waals surface area contributed by atoms with Crippen LogP contribution < -0.4 is 0 Å². The average Bonchev–Trinajstić information content (AvgIpc) is 2.91. The molecule has 0 radical (unpaired) electrons. The van der Waals surface area contributed by atoms with Gasteiger partial charge in [-0.05, 0) is 55.0 Å². The van der Waals surface area contributed by atoms with Crippen molar-refractivity contribution >= 4 is 5.97 Å². The third-order valence-electron chi connectivity index (χ3n) is 7.73. The highest BCUT2D eigenvalue weighted by atomic mass is 19.4. The van der Waals surface area contributed by atoms with Crippen LogP contribution in [0, 0.1) is 5.92 Å². The topological polar surface area (TPSA) is 53.0 Å². The highest BCUT2D eigenvalue weighted by Gasteiger charge is 2.37. The van der Waals surface area contributed by atoms with Crippen molar-refractivity contribution in [1.29, 1.82) is 0 Å². The summed E-state index contributed by atoms with van der Waals surface area (Å²) < 4.78 is 85.1. The summed E-state index contributed by atoms with van der Waals surface area (Å²) in [5.74, 6) is -1.00. The summed E-state index contributed by atoms with van der Waals surface area (Å²) in [4.78, 5) is 15.9. The fourth-order valence-electron chi connectivity index (χ4n) is 5.58. The molecular weight excluding hydrogens is 526 g/mol. The Bertz CT molecular complexity index is 1060. The maximum Gasteiger partial charge on any atom is 0.416 e. The average molecular weight is 559 g/mol. The van der Waals surface area contributed by atoms with Gasteiger partial charge in [0.25, 0.3) is 0 Å². The third-order valence-corrected chi connectivity index (χ3v) is 7.73. The molecule has 214 valence electrons. The Morgan fingerprint density at radius 2 is 1.44 bits per heavy atom. The van der Waals surface area contributed by atoms with Gasteiger partial charge in [0, 0.05) is 32.2 Å². The van der Waals surface area contributed by atoms with Crippen molar-refractivity contribution < 1.29 is 41.0 Å². The summed E-state index contributed by atoms with van der Waals surface area (Å²) in [6.45, 7) is 2.71. The lowest BCUT2D eigenvalue weighted by Crippen LogP contribution is -2.52. The molecule has 0 aromatic heterocycles. The number of piperazine rings is 1. The van der Waals surface area contributed by atoms with Gasteiger partial charge < -0.3 is 9.84 Å². The van der Waals surface area contributed by atoms with Gasteiger partial charge in [0.15, 0.2) is 0 Å². The van der Waals surface area contributed by atoms with E-state index >= 15 is 0 Å². The molecule has 11 heteroatoms. The lowest BCUT2D eigenvalue weighted by molar-refractivity contribution is -0.144. The van der Waals surface area contributed by atoms with Gasteiger partial charge in [-0.2, -0.15) is 26.3 Å². The molecule has 5 nitrogen and oxygen atoms in total. The Hall–Kier alpha value is -2.63. The van der Waals surface area contributed by atoms with Crippen molar-refractivity contribution in [1.82, 2.24) is 9.80 Å². The van der Waals surface area contributed by atoms with Crippen LogP contribution in [-0.2, 0) is 28.5 Å². The number of aliphatic carboxylic acids is 1. The lowest BCUT2D eigenvalue weighted by Gasteiger charge is -2.44. The second kappa shape index (κ2) is 12.3. The van der Waals surface area contributed by atoms with E-state index in [0.29, 0.717) is 44.1 Å². The van der Waals surface area contributed by atoms with E-state index in [9.17, 15) is 36.2 Å². The number of hydrogen-bond donors (Lipinski definition) is 1. The molecule has 1 saturated carbocycles. The van der Waals surface area contributed by atoms with Crippen LogP contribution in [0.3, 0.4) is 0 Å². The lowest BCUT2D eigenvalue weighted by atomic mass is 9.85. The highest BCUT2D eigenvalue weighted by molar-refractivity contribution is 5.70. The molecule has 0 amide bonds. The third kappa shape index (κ3) is 7.73. The maximum absolute atomic E-state index is 13.2. The molecule has 2 aliphatic rings. The number of hydrogen-bond acceptors (Lipinski definition) is 4. The smallest absolute Gasteiger partial charge is 0.416 e. The van der Waals surface area contributed by atoms with Crippen LogP contribution in [0.4, 0.5) is 26.3 Å². The van der Waals surface area contributed by atoms with E-state index in [1.54, 1.807) is 0 Å². The van der Waals surface area contributed by atoms with E-state index in [0.717, 1.165) is 31.5 Å². The molecule has 1 heterocycles. The minimum absolute atomic E-state index is 0.103. The Kier molecular flexibility index (Phi) is 9.23. The second-order valence-corrected chi connectivity index (χ2v) is 10.3. The second-order valence-electron chi connectivity index (χ2n) is 10.3. The number of carboxylic acids is 1. The quantitative estimate of drug-likeness (QED) is 0.389. The van der Waals surface area contributed by atoms with Crippen molar-refractivity contribution in [2.24, 2.45) is 5.92 Å². The monoisotopic (exact) mass is 558 g/mol. The zero-order valence-electron chi connectivity index (χ0n) is 21.3. The van der Waals surface area contributed by atoms with Gasteiger partial charge in [0.1, 0.15) is 0 Å². The van der Waals surface area contributed by atoms with Gasteiger partial charge >= 0.3 is 18.3 Å². The summed E-state index contributed by atoms with van der Waals surface area (Å²) in [7, 11) is 0. The number of halogens is 6. The van der Waals surface area contributed by atoms with Crippen LogP contribution in [0.1, 0.15) is 54.0 Å². The molecule has 39 heavy (non-hydrogen) atoms. The molecule has 1 aliphatic carbocycles. The zero-order valence-corrected chi connectivity index (χ0v) is 21.3. The summed E-state index contributed by atoms with van der Waals surface area (Å²) in [6, 6.07) is 11.1. The summed E-state index contributed by atoms with van der Waals surface area (Å²) in [5.41, 5.74) is -1.95. The Balaban J connectivity index is 1.40. The fourth-order valence-corrected chi connectivity index (χ4v) is 5.58. The molecule has 1 atom stereocenters. The van der Waals surface area contributed by atoms with Gasteiger partial charge in [0.2, 0.25) is 0 Å². The van der Waals surface area contributed by atoms with Crippen molar-refractivity contribution in [2.45, 2.75) is 56.7 Å². The van der Waals surface area contributed by atoms with E-state index in [2.05, 4.69) is 9.80 Å². The van der Waals surface area contributed by atoms with E-state index in [1.807, 2.05) is 30.3 Å². The number of alkyl halides is 6. The van der Waals surface area contributed by atoms with Gasteiger partial charge in [-0.15, -0.1) is 0 Å². The number of carboxylic acid groups (broad SMARTS) is 1. The van der Waals surface area contributed by atoms with Crippen LogP contribution in [0.2, 0.25) is 0 Å². The summed E-state index contributed by atoms with van der Waals surface area (Å²) in [6.07, 6.45) is -6.78. The van der Waals surface area contributed by atoms with E-state index < -0.39 is 29.4 Å². The first kappa shape index (κ1) is 29.4. The minimum Gasteiger partial charge on any atom is -0.481 e. The molecule has 0 spiro atoms.